The standard InChI is InChI=1S/C13H12F3N/c1-4-10(9-17(2)3)11-6-5-7-12(8-11)13(14,15)16/h1,5-9H,2-3H3/b10-9+. The Hall–Kier alpha value is -1.89. The monoisotopic (exact) mass is 239 g/mol. The van der Waals surface area contributed by atoms with Crippen molar-refractivity contribution in [2.75, 3.05) is 14.1 Å². The van der Waals surface area contributed by atoms with E-state index in [1.165, 1.54) is 6.07 Å². The highest BCUT2D eigenvalue weighted by Gasteiger charge is 2.30. The lowest BCUT2D eigenvalue weighted by Gasteiger charge is -2.10. The van der Waals surface area contributed by atoms with Gasteiger partial charge in [-0.15, -0.1) is 6.42 Å². The molecule has 0 aromatic heterocycles. The van der Waals surface area contributed by atoms with Crippen molar-refractivity contribution in [3.05, 3.63) is 41.6 Å². The van der Waals surface area contributed by atoms with Crippen LogP contribution in [0.25, 0.3) is 5.57 Å². The fourth-order valence-electron chi connectivity index (χ4n) is 1.32. The van der Waals surface area contributed by atoms with E-state index in [1.54, 1.807) is 31.3 Å². The van der Waals surface area contributed by atoms with E-state index in [9.17, 15) is 13.2 Å². The zero-order valence-corrected chi connectivity index (χ0v) is 9.55. The molecule has 0 aliphatic rings. The maximum Gasteiger partial charge on any atom is 0.416 e. The molecule has 0 spiro atoms. The van der Waals surface area contributed by atoms with E-state index in [-0.39, 0.29) is 0 Å². The van der Waals surface area contributed by atoms with Gasteiger partial charge in [0.1, 0.15) is 0 Å². The summed E-state index contributed by atoms with van der Waals surface area (Å²) in [6.07, 6.45) is 2.54. The van der Waals surface area contributed by atoms with Crippen LogP contribution in [0.2, 0.25) is 0 Å². The molecule has 0 bridgehead atoms. The summed E-state index contributed by atoms with van der Waals surface area (Å²) < 4.78 is 37.5. The predicted octanol–water partition coefficient (Wildman–Crippen LogP) is 3.24. The molecule has 90 valence electrons. The minimum absolute atomic E-state index is 0.385. The Morgan fingerprint density at radius 2 is 2.00 bits per heavy atom. The molecule has 1 aromatic carbocycles. The summed E-state index contributed by atoms with van der Waals surface area (Å²) in [6, 6.07) is 4.98. The minimum atomic E-state index is -4.35. The molecule has 4 heteroatoms. The summed E-state index contributed by atoms with van der Waals surface area (Å²) in [7, 11) is 3.51. The number of halogens is 3. The molecule has 0 amide bonds. The molecule has 0 saturated heterocycles. The van der Waals surface area contributed by atoms with Crippen molar-refractivity contribution in [3.8, 4) is 12.3 Å². The summed E-state index contributed by atoms with van der Waals surface area (Å²) in [4.78, 5) is 1.69. The molecule has 0 unspecified atom stereocenters. The summed E-state index contributed by atoms with van der Waals surface area (Å²) in [6.45, 7) is 0. The average Bonchev–Trinajstić information content (AvgIpc) is 2.24. The van der Waals surface area contributed by atoms with Crippen LogP contribution in [0.4, 0.5) is 13.2 Å². The van der Waals surface area contributed by atoms with Crippen LogP contribution < -0.4 is 0 Å². The van der Waals surface area contributed by atoms with Crippen LogP contribution in [0.5, 0.6) is 0 Å². The van der Waals surface area contributed by atoms with Crippen molar-refractivity contribution in [2.24, 2.45) is 0 Å². The van der Waals surface area contributed by atoms with E-state index in [0.717, 1.165) is 12.1 Å². The third-order valence-corrected chi connectivity index (χ3v) is 2.04. The molecular weight excluding hydrogens is 227 g/mol. The maximum atomic E-state index is 12.5. The van der Waals surface area contributed by atoms with Gasteiger partial charge in [-0.2, -0.15) is 13.2 Å². The van der Waals surface area contributed by atoms with Crippen molar-refractivity contribution in [3.63, 3.8) is 0 Å². The van der Waals surface area contributed by atoms with Gasteiger partial charge in [0.25, 0.3) is 0 Å². The molecule has 1 nitrogen and oxygen atoms in total. The number of benzene rings is 1. The Bertz CT molecular complexity index is 464. The van der Waals surface area contributed by atoms with Crippen molar-refractivity contribution in [1.82, 2.24) is 4.90 Å². The first kappa shape index (κ1) is 13.2. The quantitative estimate of drug-likeness (QED) is 0.716. The number of nitrogens with zero attached hydrogens (tertiary/aromatic N) is 1. The Kier molecular flexibility index (Phi) is 3.84. The Labute approximate surface area is 98.6 Å². The van der Waals surface area contributed by atoms with E-state index in [2.05, 4.69) is 5.92 Å². The second-order valence-corrected chi connectivity index (χ2v) is 3.73. The minimum Gasteiger partial charge on any atom is -0.382 e. The van der Waals surface area contributed by atoms with Gasteiger partial charge in [0.05, 0.1) is 5.56 Å². The number of alkyl halides is 3. The predicted molar refractivity (Wildman–Crippen MR) is 61.9 cm³/mol. The Morgan fingerprint density at radius 3 is 2.47 bits per heavy atom. The zero-order chi connectivity index (χ0) is 13.1. The van der Waals surface area contributed by atoms with Gasteiger partial charge in [-0.25, -0.2) is 0 Å². The number of terminal acetylenes is 1. The largest absolute Gasteiger partial charge is 0.416 e. The highest BCUT2D eigenvalue weighted by atomic mass is 19.4. The van der Waals surface area contributed by atoms with Crippen molar-refractivity contribution in [1.29, 1.82) is 0 Å². The lowest BCUT2D eigenvalue weighted by Crippen LogP contribution is -2.06. The van der Waals surface area contributed by atoms with E-state index in [0.29, 0.717) is 11.1 Å². The first-order chi connectivity index (χ1) is 7.84. The van der Waals surface area contributed by atoms with Crippen LogP contribution in [-0.4, -0.2) is 19.0 Å². The van der Waals surface area contributed by atoms with Gasteiger partial charge in [0.15, 0.2) is 0 Å². The summed E-state index contributed by atoms with van der Waals surface area (Å²) in [5.74, 6) is 2.38. The van der Waals surface area contributed by atoms with Crippen LogP contribution in [0.15, 0.2) is 30.5 Å². The molecule has 1 aromatic rings. The van der Waals surface area contributed by atoms with Crippen LogP contribution in [0, 0.1) is 12.3 Å². The van der Waals surface area contributed by atoms with E-state index < -0.39 is 11.7 Å². The van der Waals surface area contributed by atoms with Gasteiger partial charge >= 0.3 is 6.18 Å². The molecular formula is C13H12F3N. The zero-order valence-electron chi connectivity index (χ0n) is 9.55. The molecule has 1 rings (SSSR count). The second-order valence-electron chi connectivity index (χ2n) is 3.73. The number of rotatable bonds is 2. The summed E-state index contributed by atoms with van der Waals surface area (Å²) in [5.41, 5.74) is 0.104. The molecule has 0 heterocycles. The van der Waals surface area contributed by atoms with Crippen molar-refractivity contribution < 1.29 is 13.2 Å². The number of hydrogen-bond donors (Lipinski definition) is 0. The average molecular weight is 239 g/mol. The summed E-state index contributed by atoms with van der Waals surface area (Å²) in [5, 5.41) is 0. The fourth-order valence-corrected chi connectivity index (χ4v) is 1.32. The van der Waals surface area contributed by atoms with Gasteiger partial charge in [-0.3, -0.25) is 0 Å². The molecule has 0 N–H and O–H groups in total. The van der Waals surface area contributed by atoms with Crippen LogP contribution in [-0.2, 0) is 6.18 Å². The number of allylic oxidation sites excluding steroid dienone is 1. The normalized spacial score (nSPS) is 12.1. The smallest absolute Gasteiger partial charge is 0.382 e. The lowest BCUT2D eigenvalue weighted by molar-refractivity contribution is -0.137. The third-order valence-electron chi connectivity index (χ3n) is 2.04. The van der Waals surface area contributed by atoms with Gasteiger partial charge in [0, 0.05) is 25.9 Å². The van der Waals surface area contributed by atoms with Gasteiger partial charge < -0.3 is 4.90 Å². The van der Waals surface area contributed by atoms with Crippen molar-refractivity contribution >= 4 is 5.57 Å². The van der Waals surface area contributed by atoms with Crippen LogP contribution >= 0.6 is 0 Å². The molecule has 17 heavy (non-hydrogen) atoms. The first-order valence-electron chi connectivity index (χ1n) is 4.87. The fraction of sp³-hybridized carbons (Fsp3) is 0.231. The van der Waals surface area contributed by atoms with Gasteiger partial charge in [-0.1, -0.05) is 18.1 Å². The van der Waals surface area contributed by atoms with Crippen LogP contribution in [0.3, 0.4) is 0 Å². The van der Waals surface area contributed by atoms with E-state index >= 15 is 0 Å². The number of hydrogen-bond acceptors (Lipinski definition) is 1. The highest BCUT2D eigenvalue weighted by Crippen LogP contribution is 2.30. The SMILES string of the molecule is C#C/C(=C\N(C)C)c1cccc(C(F)(F)F)c1. The maximum absolute atomic E-state index is 12.5. The molecule has 0 atom stereocenters. The van der Waals surface area contributed by atoms with Gasteiger partial charge in [-0.05, 0) is 17.7 Å². The molecule has 0 aliphatic carbocycles. The summed E-state index contributed by atoms with van der Waals surface area (Å²) >= 11 is 0. The second kappa shape index (κ2) is 4.96. The van der Waals surface area contributed by atoms with Gasteiger partial charge in [0.2, 0.25) is 0 Å². The Balaban J connectivity index is 3.20. The Morgan fingerprint density at radius 1 is 1.35 bits per heavy atom. The highest BCUT2D eigenvalue weighted by molar-refractivity contribution is 5.78. The molecule has 0 radical (unpaired) electrons. The molecule has 0 saturated carbocycles. The van der Waals surface area contributed by atoms with Crippen LogP contribution in [0.1, 0.15) is 11.1 Å². The molecule has 0 fully saturated rings. The van der Waals surface area contributed by atoms with Crippen molar-refractivity contribution in [2.45, 2.75) is 6.18 Å². The molecule has 0 aliphatic heterocycles. The first-order valence-corrected chi connectivity index (χ1v) is 4.87. The van der Waals surface area contributed by atoms with E-state index in [1.807, 2.05) is 0 Å². The third kappa shape index (κ3) is 3.56. The topological polar surface area (TPSA) is 3.24 Å². The lowest BCUT2D eigenvalue weighted by atomic mass is 10.0. The van der Waals surface area contributed by atoms with E-state index in [4.69, 9.17) is 6.42 Å².